The van der Waals surface area contributed by atoms with E-state index in [0.717, 1.165) is 3.79 Å². The summed E-state index contributed by atoms with van der Waals surface area (Å²) < 4.78 is 0.886. The predicted octanol–water partition coefficient (Wildman–Crippen LogP) is 2.68. The van der Waals surface area contributed by atoms with Crippen molar-refractivity contribution in [3.8, 4) is 0 Å². The van der Waals surface area contributed by atoms with E-state index in [9.17, 15) is 9.59 Å². The first kappa shape index (κ1) is 14.2. The van der Waals surface area contributed by atoms with Crippen molar-refractivity contribution in [2.45, 2.75) is 0 Å². The number of carbonyl (C=O) groups excluding carboxylic acids is 2. The molecule has 2 amide bonds. The van der Waals surface area contributed by atoms with Crippen molar-refractivity contribution in [2.24, 2.45) is 0 Å². The molecule has 0 unspecified atom stereocenters. The van der Waals surface area contributed by atoms with Gasteiger partial charge in [-0.2, -0.15) is 0 Å². The number of aromatic nitrogens is 1. The molecule has 0 bridgehead atoms. The van der Waals surface area contributed by atoms with Gasteiger partial charge in [-0.1, -0.05) is 0 Å². The van der Waals surface area contributed by atoms with E-state index in [1.54, 1.807) is 30.8 Å². The number of carbonyl (C=O) groups is 2. The number of halogens is 1. The lowest BCUT2D eigenvalue weighted by Crippen LogP contribution is -2.34. The van der Waals surface area contributed by atoms with Gasteiger partial charge in [-0.3, -0.25) is 9.59 Å². The first-order valence-corrected chi connectivity index (χ1v) is 7.75. The largest absolute Gasteiger partial charge is 0.332 e. The summed E-state index contributed by atoms with van der Waals surface area (Å²) in [6.45, 7) is -0.00602. The van der Waals surface area contributed by atoms with Gasteiger partial charge >= 0.3 is 0 Å². The van der Waals surface area contributed by atoms with Crippen LogP contribution >= 0.6 is 38.6 Å². The highest BCUT2D eigenvalue weighted by Crippen LogP contribution is 2.23. The van der Waals surface area contributed by atoms with Crippen molar-refractivity contribution in [2.75, 3.05) is 18.9 Å². The Labute approximate surface area is 126 Å². The third kappa shape index (κ3) is 3.85. The number of thiazole rings is 1. The molecule has 0 saturated heterocycles. The van der Waals surface area contributed by atoms with E-state index in [1.165, 1.54) is 27.6 Å². The van der Waals surface area contributed by atoms with Crippen molar-refractivity contribution in [1.82, 2.24) is 9.88 Å². The maximum Gasteiger partial charge on any atom is 0.264 e. The molecular weight excluding hydrogens is 350 g/mol. The minimum atomic E-state index is -0.263. The molecule has 5 nitrogen and oxygen atoms in total. The number of amides is 2. The van der Waals surface area contributed by atoms with Gasteiger partial charge in [-0.25, -0.2) is 4.98 Å². The fourth-order valence-electron chi connectivity index (χ4n) is 1.35. The number of hydrogen-bond acceptors (Lipinski definition) is 5. The fraction of sp³-hybridized carbons (Fsp3) is 0.182. The zero-order valence-electron chi connectivity index (χ0n) is 9.92. The van der Waals surface area contributed by atoms with Gasteiger partial charge in [-0.05, 0) is 28.1 Å². The van der Waals surface area contributed by atoms with Gasteiger partial charge in [0, 0.05) is 18.6 Å². The standard InChI is InChI=1S/C11H10BrN3O2S2/c1-15(10(17)7-2-3-8(12)19-7)6-9(16)14-11-13-4-5-18-11/h2-5H,6H2,1H3,(H,13,14,16). The van der Waals surface area contributed by atoms with Crippen molar-refractivity contribution in [3.63, 3.8) is 0 Å². The summed E-state index contributed by atoms with van der Waals surface area (Å²) in [5, 5.41) is 4.94. The van der Waals surface area contributed by atoms with E-state index in [2.05, 4.69) is 26.2 Å². The summed E-state index contributed by atoms with van der Waals surface area (Å²) in [6, 6.07) is 3.54. The summed E-state index contributed by atoms with van der Waals surface area (Å²) in [7, 11) is 1.59. The van der Waals surface area contributed by atoms with Crippen LogP contribution in [-0.2, 0) is 4.79 Å². The molecule has 0 spiro atoms. The Morgan fingerprint density at radius 3 is 2.84 bits per heavy atom. The van der Waals surface area contributed by atoms with E-state index in [1.807, 2.05) is 0 Å². The van der Waals surface area contributed by atoms with E-state index >= 15 is 0 Å². The highest BCUT2D eigenvalue weighted by Gasteiger charge is 2.17. The quantitative estimate of drug-likeness (QED) is 0.912. The van der Waals surface area contributed by atoms with Crippen molar-refractivity contribution >= 4 is 55.5 Å². The molecule has 2 heterocycles. The molecule has 2 aromatic rings. The van der Waals surface area contributed by atoms with E-state index < -0.39 is 0 Å². The molecule has 1 N–H and O–H groups in total. The van der Waals surface area contributed by atoms with Crippen LogP contribution in [0.1, 0.15) is 9.67 Å². The lowest BCUT2D eigenvalue weighted by molar-refractivity contribution is -0.116. The molecule has 0 fully saturated rings. The first-order valence-electron chi connectivity index (χ1n) is 5.26. The Bertz CT molecular complexity index is 583. The van der Waals surface area contributed by atoms with E-state index in [4.69, 9.17) is 0 Å². The van der Waals surface area contributed by atoms with Crippen molar-refractivity contribution < 1.29 is 9.59 Å². The molecular formula is C11H10BrN3O2S2. The molecule has 100 valence electrons. The molecule has 0 aliphatic carbocycles. The number of nitrogens with one attached hydrogen (secondary N) is 1. The first-order chi connectivity index (χ1) is 9.06. The monoisotopic (exact) mass is 359 g/mol. The highest BCUT2D eigenvalue weighted by molar-refractivity contribution is 9.11. The van der Waals surface area contributed by atoms with E-state index in [0.29, 0.717) is 10.0 Å². The zero-order valence-corrected chi connectivity index (χ0v) is 13.1. The zero-order chi connectivity index (χ0) is 13.8. The maximum atomic E-state index is 12.0. The molecule has 8 heteroatoms. The number of anilines is 1. The van der Waals surface area contributed by atoms with Crippen LogP contribution in [0.15, 0.2) is 27.5 Å². The smallest absolute Gasteiger partial charge is 0.264 e. The van der Waals surface area contributed by atoms with Crippen LogP contribution in [0.3, 0.4) is 0 Å². The van der Waals surface area contributed by atoms with Crippen LogP contribution in [0.5, 0.6) is 0 Å². The summed E-state index contributed by atoms with van der Waals surface area (Å²) in [4.78, 5) is 29.7. The van der Waals surface area contributed by atoms with Crippen molar-refractivity contribution in [1.29, 1.82) is 0 Å². The average molecular weight is 360 g/mol. The second kappa shape index (κ2) is 6.27. The van der Waals surface area contributed by atoms with Crippen molar-refractivity contribution in [3.05, 3.63) is 32.4 Å². The van der Waals surface area contributed by atoms with Crippen LogP contribution < -0.4 is 5.32 Å². The van der Waals surface area contributed by atoms with Crippen LogP contribution in [0.4, 0.5) is 5.13 Å². The molecule has 0 atom stereocenters. The normalized spacial score (nSPS) is 10.2. The molecule has 0 radical (unpaired) electrons. The lowest BCUT2D eigenvalue weighted by Gasteiger charge is -2.15. The van der Waals surface area contributed by atoms with Gasteiger partial charge in [-0.15, -0.1) is 22.7 Å². The number of thiophene rings is 1. The Morgan fingerprint density at radius 2 is 2.26 bits per heavy atom. The van der Waals surface area contributed by atoms with Gasteiger partial charge < -0.3 is 10.2 Å². The van der Waals surface area contributed by atoms with Gasteiger partial charge in [0.2, 0.25) is 5.91 Å². The minimum absolute atomic E-state index is 0.00602. The molecule has 0 aliphatic rings. The molecule has 0 saturated carbocycles. The van der Waals surface area contributed by atoms with Gasteiger partial charge in [0.1, 0.15) is 0 Å². The summed E-state index contributed by atoms with van der Waals surface area (Å²) in [5.74, 6) is -0.439. The molecule has 19 heavy (non-hydrogen) atoms. The Hall–Kier alpha value is -1.25. The summed E-state index contributed by atoms with van der Waals surface area (Å²) in [5.41, 5.74) is 0. The highest BCUT2D eigenvalue weighted by atomic mass is 79.9. The molecule has 0 aromatic carbocycles. The number of rotatable bonds is 4. The lowest BCUT2D eigenvalue weighted by atomic mass is 10.4. The van der Waals surface area contributed by atoms with Crippen LogP contribution in [0.25, 0.3) is 0 Å². The van der Waals surface area contributed by atoms with Gasteiger partial charge in [0.15, 0.2) is 5.13 Å². The van der Waals surface area contributed by atoms with Gasteiger partial charge in [0.25, 0.3) is 5.91 Å². The van der Waals surface area contributed by atoms with Gasteiger partial charge in [0.05, 0.1) is 15.2 Å². The van der Waals surface area contributed by atoms with Crippen LogP contribution in [-0.4, -0.2) is 35.3 Å². The second-order valence-corrected chi connectivity index (χ2v) is 7.01. The third-order valence-corrected chi connectivity index (χ3v) is 4.49. The second-order valence-electron chi connectivity index (χ2n) is 3.65. The van der Waals surface area contributed by atoms with E-state index in [-0.39, 0.29) is 18.4 Å². The topological polar surface area (TPSA) is 62.3 Å². The Morgan fingerprint density at radius 1 is 1.47 bits per heavy atom. The molecule has 0 aliphatic heterocycles. The summed E-state index contributed by atoms with van der Waals surface area (Å²) in [6.07, 6.45) is 1.61. The average Bonchev–Trinajstić information content (AvgIpc) is 2.99. The Kier molecular flexibility index (Phi) is 4.67. The minimum Gasteiger partial charge on any atom is -0.332 e. The van der Waals surface area contributed by atoms with Crippen LogP contribution in [0.2, 0.25) is 0 Å². The molecule has 2 rings (SSSR count). The third-order valence-electron chi connectivity index (χ3n) is 2.19. The number of nitrogens with zero attached hydrogens (tertiary/aromatic N) is 2. The summed E-state index contributed by atoms with van der Waals surface area (Å²) >= 11 is 5.98. The molecule has 2 aromatic heterocycles. The van der Waals surface area contributed by atoms with Crippen LogP contribution in [0, 0.1) is 0 Å². The Balaban J connectivity index is 1.91. The predicted molar refractivity (Wildman–Crippen MR) is 79.7 cm³/mol. The maximum absolute atomic E-state index is 12.0. The number of likely N-dealkylation sites (N-methyl/N-ethyl adjacent to an activating group) is 1. The number of hydrogen-bond donors (Lipinski definition) is 1. The SMILES string of the molecule is CN(CC(=O)Nc1nccs1)C(=O)c1ccc(Br)s1. The fourth-order valence-corrected chi connectivity index (χ4v) is 3.27.